The molecule has 1 aliphatic rings. The molecule has 126 valence electrons. The normalized spacial score (nSPS) is 12.7. The minimum absolute atomic E-state index is 0.533. The SMILES string of the molecule is C1CC1.Cc1ccc2[nH]ncc2c1-c1ccn2nc(NC=O)cc2c1. The van der Waals surface area contributed by atoms with Gasteiger partial charge in [-0.1, -0.05) is 25.3 Å². The molecule has 0 saturated heterocycles. The number of pyridine rings is 1. The molecule has 1 fully saturated rings. The number of carbonyl (C=O) groups is 1. The van der Waals surface area contributed by atoms with Gasteiger partial charge in [0, 0.05) is 17.6 Å². The smallest absolute Gasteiger partial charge is 0.212 e. The van der Waals surface area contributed by atoms with Crippen LogP contribution in [0.15, 0.2) is 42.7 Å². The summed E-state index contributed by atoms with van der Waals surface area (Å²) in [7, 11) is 0. The van der Waals surface area contributed by atoms with E-state index in [1.807, 2.05) is 30.6 Å². The summed E-state index contributed by atoms with van der Waals surface area (Å²) in [6.45, 7) is 2.09. The Bertz CT molecular complexity index is 1040. The molecule has 1 amide bonds. The third-order valence-electron chi connectivity index (χ3n) is 4.14. The van der Waals surface area contributed by atoms with Crippen molar-refractivity contribution in [3.63, 3.8) is 0 Å². The predicted molar refractivity (Wildman–Crippen MR) is 98.6 cm³/mol. The van der Waals surface area contributed by atoms with Crippen molar-refractivity contribution in [1.29, 1.82) is 0 Å². The van der Waals surface area contributed by atoms with Crippen molar-refractivity contribution in [1.82, 2.24) is 19.8 Å². The number of benzene rings is 1. The number of nitrogens with one attached hydrogen (secondary N) is 2. The average Bonchev–Trinajstić information content (AvgIpc) is 3.32. The number of aryl methyl sites for hydroxylation is 1. The number of nitrogens with zero attached hydrogens (tertiary/aromatic N) is 3. The van der Waals surface area contributed by atoms with Crippen LogP contribution < -0.4 is 5.32 Å². The molecule has 5 rings (SSSR count). The number of H-pyrrole nitrogens is 1. The maximum Gasteiger partial charge on any atom is 0.212 e. The summed E-state index contributed by atoms with van der Waals surface area (Å²) in [5.41, 5.74) is 5.36. The Morgan fingerprint density at radius 1 is 1.20 bits per heavy atom. The Kier molecular flexibility index (Phi) is 3.93. The predicted octanol–water partition coefficient (Wildman–Crippen LogP) is 3.92. The van der Waals surface area contributed by atoms with Crippen LogP contribution in [0.2, 0.25) is 0 Å². The molecule has 1 saturated carbocycles. The number of hydrogen-bond acceptors (Lipinski definition) is 3. The first kappa shape index (κ1) is 15.4. The molecule has 0 spiro atoms. The summed E-state index contributed by atoms with van der Waals surface area (Å²) in [5.74, 6) is 0.533. The quantitative estimate of drug-likeness (QED) is 0.558. The highest BCUT2D eigenvalue weighted by atomic mass is 16.1. The van der Waals surface area contributed by atoms with Crippen LogP contribution >= 0.6 is 0 Å². The Morgan fingerprint density at radius 2 is 2.04 bits per heavy atom. The van der Waals surface area contributed by atoms with Crippen LogP contribution in [0.1, 0.15) is 24.8 Å². The fourth-order valence-corrected chi connectivity index (χ4v) is 2.79. The van der Waals surface area contributed by atoms with Gasteiger partial charge in [-0.2, -0.15) is 10.2 Å². The Morgan fingerprint density at radius 3 is 2.80 bits per heavy atom. The van der Waals surface area contributed by atoms with Gasteiger partial charge in [0.2, 0.25) is 6.41 Å². The number of rotatable bonds is 3. The van der Waals surface area contributed by atoms with Crippen LogP contribution in [0.5, 0.6) is 0 Å². The standard InChI is InChI=1S/C16H13N5O.C3H6/c1-10-2-3-14-13(8-18-19-14)16(10)11-4-5-21-12(6-11)7-15(20-21)17-9-22;1-2-3-1/h2-9H,1H3,(H,18,19)(H,17,20,22);1-3H2. The third kappa shape index (κ3) is 3.10. The average molecular weight is 333 g/mol. The van der Waals surface area contributed by atoms with E-state index >= 15 is 0 Å². The molecule has 3 aromatic heterocycles. The van der Waals surface area contributed by atoms with Gasteiger partial charge in [-0.25, -0.2) is 4.52 Å². The molecule has 4 aromatic rings. The molecule has 6 heteroatoms. The highest BCUT2D eigenvalue weighted by Gasteiger charge is 2.10. The summed E-state index contributed by atoms with van der Waals surface area (Å²) in [5, 5.41) is 15.1. The summed E-state index contributed by atoms with van der Waals surface area (Å²) < 4.78 is 1.74. The van der Waals surface area contributed by atoms with Gasteiger partial charge in [0.1, 0.15) is 0 Å². The lowest BCUT2D eigenvalue weighted by Crippen LogP contribution is -1.94. The van der Waals surface area contributed by atoms with Gasteiger partial charge in [0.25, 0.3) is 0 Å². The number of hydrogen-bond donors (Lipinski definition) is 2. The molecular weight excluding hydrogens is 314 g/mol. The number of carbonyl (C=O) groups excluding carboxylic acids is 1. The second-order valence-corrected chi connectivity index (χ2v) is 6.23. The van der Waals surface area contributed by atoms with Crippen LogP contribution in [-0.2, 0) is 4.79 Å². The molecule has 0 bridgehead atoms. The van der Waals surface area contributed by atoms with Gasteiger partial charge >= 0.3 is 0 Å². The first-order chi connectivity index (χ1) is 12.3. The molecule has 1 aliphatic carbocycles. The number of amides is 1. The molecular formula is C19H19N5O. The fraction of sp³-hybridized carbons (Fsp3) is 0.211. The summed E-state index contributed by atoms with van der Waals surface area (Å²) in [6, 6.07) is 10.0. The number of aromatic nitrogens is 4. The molecule has 0 aliphatic heterocycles. The first-order valence-corrected chi connectivity index (χ1v) is 8.39. The Hall–Kier alpha value is -3.15. The van der Waals surface area contributed by atoms with E-state index in [2.05, 4.69) is 39.7 Å². The van der Waals surface area contributed by atoms with Crippen LogP contribution in [0, 0.1) is 6.92 Å². The molecule has 0 unspecified atom stereocenters. The second kappa shape index (κ2) is 6.39. The van der Waals surface area contributed by atoms with Gasteiger partial charge < -0.3 is 5.32 Å². The molecule has 0 atom stereocenters. The molecule has 3 heterocycles. The second-order valence-electron chi connectivity index (χ2n) is 6.23. The highest BCUT2D eigenvalue weighted by Crippen LogP contribution is 2.31. The van der Waals surface area contributed by atoms with Gasteiger partial charge in [0.15, 0.2) is 5.82 Å². The van der Waals surface area contributed by atoms with Crippen LogP contribution in [0.4, 0.5) is 5.82 Å². The van der Waals surface area contributed by atoms with Crippen molar-refractivity contribution in [3.05, 3.63) is 48.3 Å². The lowest BCUT2D eigenvalue weighted by atomic mass is 9.97. The van der Waals surface area contributed by atoms with Crippen LogP contribution in [0.25, 0.3) is 27.5 Å². The monoisotopic (exact) mass is 333 g/mol. The van der Waals surface area contributed by atoms with Gasteiger partial charge in [-0.05, 0) is 41.8 Å². The minimum atomic E-state index is 0.533. The van der Waals surface area contributed by atoms with E-state index in [-0.39, 0.29) is 0 Å². The zero-order valence-corrected chi connectivity index (χ0v) is 14.0. The zero-order chi connectivity index (χ0) is 17.2. The van der Waals surface area contributed by atoms with E-state index in [4.69, 9.17) is 0 Å². The van der Waals surface area contributed by atoms with E-state index in [0.717, 1.165) is 27.5 Å². The lowest BCUT2D eigenvalue weighted by molar-refractivity contribution is -0.105. The highest BCUT2D eigenvalue weighted by molar-refractivity contribution is 5.96. The van der Waals surface area contributed by atoms with E-state index in [1.54, 1.807) is 4.52 Å². The third-order valence-corrected chi connectivity index (χ3v) is 4.14. The molecule has 0 radical (unpaired) electrons. The van der Waals surface area contributed by atoms with Crippen molar-refractivity contribution in [2.45, 2.75) is 26.2 Å². The van der Waals surface area contributed by atoms with E-state index in [1.165, 1.54) is 24.8 Å². The maximum absolute atomic E-state index is 10.5. The molecule has 1 aromatic carbocycles. The maximum atomic E-state index is 10.5. The number of fused-ring (bicyclic) bond motifs is 2. The van der Waals surface area contributed by atoms with E-state index < -0.39 is 0 Å². The molecule has 2 N–H and O–H groups in total. The fourth-order valence-electron chi connectivity index (χ4n) is 2.79. The summed E-state index contributed by atoms with van der Waals surface area (Å²) >= 11 is 0. The summed E-state index contributed by atoms with van der Waals surface area (Å²) in [6.07, 6.45) is 8.86. The Labute approximate surface area is 144 Å². The van der Waals surface area contributed by atoms with E-state index in [9.17, 15) is 4.79 Å². The minimum Gasteiger partial charge on any atom is -0.312 e. The first-order valence-electron chi connectivity index (χ1n) is 8.39. The zero-order valence-electron chi connectivity index (χ0n) is 14.0. The number of anilines is 1. The Balaban J connectivity index is 0.000000474. The lowest BCUT2D eigenvalue weighted by Gasteiger charge is -2.08. The van der Waals surface area contributed by atoms with Crippen molar-refractivity contribution in [2.75, 3.05) is 5.32 Å². The molecule has 6 nitrogen and oxygen atoms in total. The van der Waals surface area contributed by atoms with Gasteiger partial charge in [-0.3, -0.25) is 9.89 Å². The van der Waals surface area contributed by atoms with Crippen molar-refractivity contribution in [2.24, 2.45) is 0 Å². The van der Waals surface area contributed by atoms with Crippen molar-refractivity contribution < 1.29 is 4.79 Å². The van der Waals surface area contributed by atoms with Gasteiger partial charge in [-0.15, -0.1) is 0 Å². The van der Waals surface area contributed by atoms with Gasteiger partial charge in [0.05, 0.1) is 17.2 Å². The van der Waals surface area contributed by atoms with Crippen molar-refractivity contribution in [3.8, 4) is 11.1 Å². The van der Waals surface area contributed by atoms with E-state index in [0.29, 0.717) is 12.2 Å². The largest absolute Gasteiger partial charge is 0.312 e. The van der Waals surface area contributed by atoms with Crippen LogP contribution in [0.3, 0.4) is 0 Å². The van der Waals surface area contributed by atoms with Crippen LogP contribution in [-0.4, -0.2) is 26.2 Å². The topological polar surface area (TPSA) is 75.1 Å². The number of aromatic amines is 1. The molecule has 25 heavy (non-hydrogen) atoms. The van der Waals surface area contributed by atoms with Crippen molar-refractivity contribution >= 4 is 28.6 Å². The summed E-state index contributed by atoms with van der Waals surface area (Å²) in [4.78, 5) is 10.5.